The first kappa shape index (κ1) is 93.5. The van der Waals surface area contributed by atoms with Crippen LogP contribution in [0.5, 0.6) is 0 Å². The molecule has 2 amide bonds. The average molecular weight is 1470 g/mol. The van der Waals surface area contributed by atoms with Crippen molar-refractivity contribution < 1.29 is 122 Å². The van der Waals surface area contributed by atoms with Crippen molar-refractivity contribution in [3.8, 4) is 18.2 Å². The van der Waals surface area contributed by atoms with Gasteiger partial charge >= 0.3 is 7.12 Å². The van der Waals surface area contributed by atoms with Crippen molar-refractivity contribution in [3.05, 3.63) is 151 Å². The number of aliphatic hydroxyl groups is 4. The molecule has 16 nitrogen and oxygen atoms in total. The number of nitrogens with one attached hydrogen (secondary N) is 2. The summed E-state index contributed by atoms with van der Waals surface area (Å²) in [6, 6.07) is 30.5. The molecule has 8 unspecified atom stereocenters. The first-order chi connectivity index (χ1) is 39.2. The molecule has 24 heteroatoms. The van der Waals surface area contributed by atoms with E-state index in [9.17, 15) is 47.6 Å². The second-order valence-corrected chi connectivity index (χ2v) is 21.3. The minimum absolute atomic E-state index is 0. The molecule has 4 aromatic carbocycles. The van der Waals surface area contributed by atoms with E-state index in [1.54, 1.807) is 94.4 Å². The van der Waals surface area contributed by atoms with Gasteiger partial charge < -0.3 is 67.2 Å². The van der Waals surface area contributed by atoms with Crippen LogP contribution in [0.3, 0.4) is 0 Å². The van der Waals surface area contributed by atoms with Crippen LogP contribution in [0.25, 0.3) is 0 Å². The summed E-state index contributed by atoms with van der Waals surface area (Å²) in [7, 11) is -0.0648. The number of alkyl halides is 4. The van der Waals surface area contributed by atoms with Crippen molar-refractivity contribution in [2.24, 2.45) is 17.2 Å². The Morgan fingerprint density at radius 2 is 0.767 bits per heavy atom. The van der Waals surface area contributed by atoms with Gasteiger partial charge in [-0.3, -0.25) is 11.8 Å². The van der Waals surface area contributed by atoms with Crippen molar-refractivity contribution >= 4 is 41.5 Å². The second kappa shape index (κ2) is 53.2. The number of halogens is 5. The minimum atomic E-state index is -1.04. The van der Waals surface area contributed by atoms with Gasteiger partial charge in [-0.15, -0.1) is 0 Å². The summed E-state index contributed by atoms with van der Waals surface area (Å²) in [4.78, 5) is 23.0. The summed E-state index contributed by atoms with van der Waals surface area (Å²) >= 11 is 2.16. The van der Waals surface area contributed by atoms with E-state index in [4.69, 9.17) is 42.3 Å². The van der Waals surface area contributed by atoms with Crippen LogP contribution in [0.2, 0.25) is 6.82 Å². The third-order valence-corrected chi connectivity index (χ3v) is 12.4. The topological polar surface area (TPSA) is 307 Å². The van der Waals surface area contributed by atoms with E-state index in [2.05, 4.69) is 60.9 Å². The van der Waals surface area contributed by atoms with E-state index in [1.165, 1.54) is 20.8 Å². The smallest absolute Gasteiger partial charge is 0.403 e. The number of nitriles is 3. The van der Waals surface area contributed by atoms with Gasteiger partial charge in [-0.1, -0.05) is 109 Å². The van der Waals surface area contributed by atoms with E-state index in [0.717, 1.165) is 26.8 Å². The minimum Gasteiger partial charge on any atom is -0.403 e. The molecule has 0 aromatic heterocycles. The molecule has 1 fully saturated rings. The average Bonchev–Trinajstić information content (AvgIpc) is 2.90. The molecule has 12 N–H and O–H groups in total. The normalized spacial score (nSPS) is 14.3. The maximum atomic E-state index is 12.9. The largest absolute Gasteiger partial charge is 0.454 e. The molecule has 1 saturated heterocycles. The van der Waals surface area contributed by atoms with E-state index < -0.39 is 75.3 Å². The number of aliphatic hydroxyl groups excluding tert-OH is 4. The molecule has 476 valence electrons. The number of aryl methyl sites for hydroxylation is 3. The van der Waals surface area contributed by atoms with Gasteiger partial charge in [0.25, 0.3) is 0 Å². The fraction of sp³-hybridized carbons (Fsp3) is 0.500. The maximum absolute atomic E-state index is 12.9. The number of nitrogens with two attached hydrogens (primary N) is 3. The van der Waals surface area contributed by atoms with Gasteiger partial charge in [-0.2, -0.15) is 43.5 Å². The van der Waals surface area contributed by atoms with Crippen molar-refractivity contribution in [2.45, 2.75) is 170 Å². The van der Waals surface area contributed by atoms with Crippen molar-refractivity contribution in [1.82, 2.24) is 10.6 Å². The fourth-order valence-corrected chi connectivity index (χ4v) is 6.61. The van der Waals surface area contributed by atoms with E-state index in [0.29, 0.717) is 34.1 Å². The number of hydrogen-bond acceptors (Lipinski definition) is 14. The first-order valence-corrected chi connectivity index (χ1v) is 27.9. The van der Waals surface area contributed by atoms with Gasteiger partial charge in [0.15, 0.2) is 0 Å². The third kappa shape index (κ3) is 40.8. The van der Waals surface area contributed by atoms with Crippen LogP contribution >= 0.6 is 22.6 Å². The third-order valence-electron chi connectivity index (χ3n) is 11.6. The quantitative estimate of drug-likeness (QED) is 0.0218. The maximum Gasteiger partial charge on any atom is 0.454 e. The zero-order valence-electron chi connectivity index (χ0n) is 53.0. The monoisotopic (exact) mass is 1470 g/mol. The van der Waals surface area contributed by atoms with Crippen LogP contribution in [0.4, 0.5) is 17.6 Å². The molecule has 5 rings (SSSR count). The van der Waals surface area contributed by atoms with Gasteiger partial charge in [-0.25, -0.2) is 17.6 Å². The van der Waals surface area contributed by atoms with Crippen LogP contribution in [0, 0.1) is 70.2 Å². The molecule has 8 atom stereocenters. The molecule has 1 heterocycles. The molecule has 86 heavy (non-hydrogen) atoms. The zero-order valence-corrected chi connectivity index (χ0v) is 60.8. The predicted octanol–water partition coefficient (Wildman–Crippen LogP) is 10.4. The van der Waals surface area contributed by atoms with Crippen molar-refractivity contribution in [1.29, 1.82) is 15.8 Å². The first-order valence-electron chi connectivity index (χ1n) is 26.8. The summed E-state index contributed by atoms with van der Waals surface area (Å²) in [6.45, 7) is 26.4. The zero-order chi connectivity index (χ0) is 65.9. The SMILES string of the molecule is CB1OC(C)(C)C(C)(C)O1.CC#N.CC#N.CC#N.CCN.Cc1ccc(C(O)C(CF)NC(=O)[C-](C)C)cc1.Cc1ccc(C(O)C(CF)NC(=O)[C-](C)C)cc1.Cc1ccc(C(O)C(N)CF)cc1.NC(CF)C(O)c1ccc(I)cc1.[Y].[Y]. The van der Waals surface area contributed by atoms with Gasteiger partial charge in [0.05, 0.1) is 77.6 Å². The van der Waals surface area contributed by atoms with Crippen LogP contribution in [0.1, 0.15) is 146 Å². The summed E-state index contributed by atoms with van der Waals surface area (Å²) in [5.74, 6) is 0.377. The van der Waals surface area contributed by atoms with Crippen molar-refractivity contribution in [3.63, 3.8) is 0 Å². The Balaban J connectivity index is -0.000000223. The molecule has 0 bridgehead atoms. The Morgan fingerprint density at radius 3 is 0.942 bits per heavy atom. The Kier molecular flexibility index (Phi) is 57.9. The van der Waals surface area contributed by atoms with Gasteiger partial charge in [0.1, 0.15) is 38.9 Å². The van der Waals surface area contributed by atoms with E-state index in [1.807, 2.05) is 83.0 Å². The Hall–Kier alpha value is -3.61. The summed E-state index contributed by atoms with van der Waals surface area (Å²) in [6.07, 6.45) is -3.91. The molecular formula is C62H94BF4IN8O8Y2-2. The molecule has 0 aliphatic carbocycles. The number of carbonyl (C=O) groups is 2. The number of hydrogen-bond donors (Lipinski definition) is 9. The molecular weight excluding hydrogens is 1380 g/mol. The number of rotatable bonds is 16. The van der Waals surface area contributed by atoms with Crippen LogP contribution in [-0.4, -0.2) is 108 Å². The van der Waals surface area contributed by atoms with Crippen LogP contribution in [-0.2, 0) is 84.3 Å². The molecule has 2 radical (unpaired) electrons. The Bertz CT molecular complexity index is 2300. The number of amides is 2. The molecule has 1 aliphatic heterocycles. The molecule has 1 aliphatic rings. The van der Waals surface area contributed by atoms with Gasteiger partial charge in [0.2, 0.25) is 0 Å². The van der Waals surface area contributed by atoms with E-state index >= 15 is 0 Å². The predicted molar refractivity (Wildman–Crippen MR) is 336 cm³/mol. The standard InChI is InChI=1S/2C14H19FNO2.C10H14FNO.C9H11FINO.C7H15BO2.C2H7N.3C2H3N.2Y/c2*1-9(2)14(18)16-12(8-15)13(17)11-6-4-10(3)5-7-11;1-7-2-4-8(5-3-7)10(13)9(12)6-11;10-5-8(12)9(13)6-1-3-7(11)4-2-6;1-6(2)7(3,4)10-8(5)9-6;4*1-2-3;;/h2*4-7,12-13,17H,8H2,1-3H3,(H,16,18);2-5,9-10,13H,6,12H2,1H3;1-4,8-9,13H,5,12H2;1-5H3;2-3H2,1H3;3*1H3;;/q2*-1;;;;;;;;;. The summed E-state index contributed by atoms with van der Waals surface area (Å²) < 4.78 is 62.2. The fourth-order valence-electron chi connectivity index (χ4n) is 6.25. The Morgan fingerprint density at radius 1 is 0.558 bits per heavy atom. The Labute approximate surface area is 575 Å². The number of carbonyl (C=O) groups excluding carboxylic acids is 2. The number of benzene rings is 4. The molecule has 0 spiro atoms. The van der Waals surface area contributed by atoms with Crippen LogP contribution in [0.15, 0.2) is 97.1 Å². The van der Waals surface area contributed by atoms with Gasteiger partial charge in [-0.05, 0) is 119 Å². The summed E-state index contributed by atoms with van der Waals surface area (Å²) in [5.41, 5.74) is 21.0. The van der Waals surface area contributed by atoms with E-state index in [-0.39, 0.29) is 95.6 Å². The second-order valence-electron chi connectivity index (χ2n) is 20.1. The number of nitrogens with zero attached hydrogens (tertiary/aromatic N) is 3. The molecule has 0 saturated carbocycles. The van der Waals surface area contributed by atoms with Crippen LogP contribution < -0.4 is 27.8 Å². The van der Waals surface area contributed by atoms with Crippen molar-refractivity contribution in [2.75, 3.05) is 33.2 Å². The molecule has 4 aromatic rings. The van der Waals surface area contributed by atoms with Gasteiger partial charge in [0, 0.05) is 89.8 Å². The summed E-state index contributed by atoms with van der Waals surface area (Å²) in [5, 5.41) is 66.0.